The van der Waals surface area contributed by atoms with Gasteiger partial charge in [-0.3, -0.25) is 0 Å². The molecule has 2 aromatic heterocycles. The zero-order chi connectivity index (χ0) is 36.2. The van der Waals surface area contributed by atoms with Crippen LogP contribution in [0.1, 0.15) is 35.8 Å². The fourth-order valence-corrected chi connectivity index (χ4v) is 8.24. The van der Waals surface area contributed by atoms with Crippen molar-refractivity contribution in [1.82, 2.24) is 0 Å². The molecule has 0 aliphatic heterocycles. The zero-order valence-electron chi connectivity index (χ0n) is 30.3. The van der Waals surface area contributed by atoms with Crippen molar-refractivity contribution in [3.8, 4) is 0 Å². The summed E-state index contributed by atoms with van der Waals surface area (Å²) < 4.78 is 13.5. The number of nitrogens with zero attached hydrogens (tertiary/aromatic N) is 2. The molecule has 0 saturated carbocycles. The van der Waals surface area contributed by atoms with Gasteiger partial charge in [0.25, 0.3) is 0 Å². The van der Waals surface area contributed by atoms with Crippen LogP contribution >= 0.6 is 0 Å². The molecule has 0 fully saturated rings. The number of para-hydroxylation sites is 3. The van der Waals surface area contributed by atoms with Crippen molar-refractivity contribution in [2.45, 2.75) is 26.7 Å². The molecule has 2 heterocycles. The van der Waals surface area contributed by atoms with Crippen molar-refractivity contribution < 1.29 is 8.83 Å². The number of rotatable bonds is 7. The molecule has 0 amide bonds. The number of furan rings is 2. The van der Waals surface area contributed by atoms with Crippen molar-refractivity contribution in [3.63, 3.8) is 0 Å². The summed E-state index contributed by atoms with van der Waals surface area (Å²) in [6.45, 7) is 4.30. The Hall–Kier alpha value is -6.78. The summed E-state index contributed by atoms with van der Waals surface area (Å²) in [7, 11) is 0. The predicted octanol–water partition coefficient (Wildman–Crippen LogP) is 14.1. The third kappa shape index (κ3) is 5.30. The van der Waals surface area contributed by atoms with Gasteiger partial charge < -0.3 is 18.6 Å². The van der Waals surface area contributed by atoms with Gasteiger partial charge >= 0.3 is 0 Å². The molecule has 10 rings (SSSR count). The number of fused-ring (bicyclic) bond motifs is 6. The smallest absolute Gasteiger partial charge is 0.159 e. The van der Waals surface area contributed by atoms with Crippen LogP contribution in [-0.4, -0.2) is 0 Å². The minimum Gasteiger partial charge on any atom is -0.456 e. The van der Waals surface area contributed by atoms with E-state index in [2.05, 4.69) is 181 Å². The number of hydrogen-bond acceptors (Lipinski definition) is 4. The molecular formula is C50H38N2O2. The molecule has 1 aliphatic rings. The second-order valence-corrected chi connectivity index (χ2v) is 14.0. The van der Waals surface area contributed by atoms with Gasteiger partial charge in [-0.25, -0.2) is 0 Å². The highest BCUT2D eigenvalue weighted by Crippen LogP contribution is 2.45. The summed E-state index contributed by atoms with van der Waals surface area (Å²) in [5.74, 6) is 0.850. The van der Waals surface area contributed by atoms with E-state index in [9.17, 15) is 0 Å². The monoisotopic (exact) mass is 698 g/mol. The molecule has 4 nitrogen and oxygen atoms in total. The molecule has 9 aromatic rings. The Kier molecular flexibility index (Phi) is 7.69. The first kappa shape index (κ1) is 31.9. The Labute approximate surface area is 314 Å². The van der Waals surface area contributed by atoms with Gasteiger partial charge in [0.05, 0.1) is 11.4 Å². The van der Waals surface area contributed by atoms with Gasteiger partial charge in [0.1, 0.15) is 11.2 Å². The largest absolute Gasteiger partial charge is 0.456 e. The minimum atomic E-state index is 0.848. The van der Waals surface area contributed by atoms with Crippen LogP contribution in [0, 0.1) is 6.92 Å². The van der Waals surface area contributed by atoms with Crippen molar-refractivity contribution in [1.29, 1.82) is 0 Å². The second kappa shape index (κ2) is 13.0. The van der Waals surface area contributed by atoms with Crippen LogP contribution in [0.5, 0.6) is 0 Å². The summed E-state index contributed by atoms with van der Waals surface area (Å²) >= 11 is 0. The van der Waals surface area contributed by atoms with Crippen LogP contribution in [0.25, 0.3) is 55.5 Å². The third-order valence-corrected chi connectivity index (χ3v) is 10.9. The Morgan fingerprint density at radius 2 is 1.31 bits per heavy atom. The number of aryl methyl sites for hydroxylation is 2. The third-order valence-electron chi connectivity index (χ3n) is 10.9. The molecule has 54 heavy (non-hydrogen) atoms. The SMILES string of the molecule is C/C=C(\c1oc2c(N(c3ccccc3)c3ccc4ccccc4c3)cccc2c1C)N(C1=Cc2ccccc2CC1)c1ccc2oc3ccccc3c2c1. The van der Waals surface area contributed by atoms with Gasteiger partial charge in [-0.05, 0) is 109 Å². The number of anilines is 4. The van der Waals surface area contributed by atoms with Gasteiger partial charge in [0.15, 0.2) is 11.3 Å². The van der Waals surface area contributed by atoms with E-state index in [1.54, 1.807) is 0 Å². The van der Waals surface area contributed by atoms with E-state index in [-0.39, 0.29) is 0 Å². The average molecular weight is 699 g/mol. The van der Waals surface area contributed by atoms with Crippen molar-refractivity contribution in [2.24, 2.45) is 0 Å². The maximum atomic E-state index is 7.20. The number of benzene rings is 7. The maximum Gasteiger partial charge on any atom is 0.159 e. The predicted molar refractivity (Wildman–Crippen MR) is 226 cm³/mol. The lowest BCUT2D eigenvalue weighted by Gasteiger charge is -2.32. The minimum absolute atomic E-state index is 0.848. The quantitative estimate of drug-likeness (QED) is 0.166. The summed E-state index contributed by atoms with van der Waals surface area (Å²) in [5, 5.41) is 5.69. The Morgan fingerprint density at radius 1 is 0.574 bits per heavy atom. The molecule has 0 atom stereocenters. The lowest BCUT2D eigenvalue weighted by atomic mass is 9.94. The van der Waals surface area contributed by atoms with E-state index in [1.165, 1.54) is 27.6 Å². The fourth-order valence-electron chi connectivity index (χ4n) is 8.24. The molecule has 7 aromatic carbocycles. The van der Waals surface area contributed by atoms with Crippen LogP contribution in [0.2, 0.25) is 0 Å². The number of hydrogen-bond donors (Lipinski definition) is 0. The first-order valence-corrected chi connectivity index (χ1v) is 18.7. The van der Waals surface area contributed by atoms with E-state index in [4.69, 9.17) is 8.83 Å². The van der Waals surface area contributed by atoms with Crippen LogP contribution < -0.4 is 9.80 Å². The van der Waals surface area contributed by atoms with Gasteiger partial charge in [-0.2, -0.15) is 0 Å². The van der Waals surface area contributed by atoms with Gasteiger partial charge in [0.2, 0.25) is 0 Å². The van der Waals surface area contributed by atoms with Crippen LogP contribution in [0.3, 0.4) is 0 Å². The van der Waals surface area contributed by atoms with Gasteiger partial charge in [-0.15, -0.1) is 0 Å². The molecule has 260 valence electrons. The Balaban J connectivity index is 1.17. The van der Waals surface area contributed by atoms with E-state index in [0.29, 0.717) is 0 Å². The standard InChI is InChI=1S/C50H38N2O2/c1-3-45(52(40-27-25-35-15-8-10-17-37(35)31-40)41-28-29-48-44(32-41)43-20-11-12-23-47(43)53-48)49-33(2)42-21-13-22-46(50(42)54-49)51(38-18-5-4-6-19-38)39-26-24-34-14-7-9-16-36(34)30-39/h3-24,26,28-32H,25,27H2,1-2H3/b45-3+. The van der Waals surface area contributed by atoms with Gasteiger partial charge in [-0.1, -0.05) is 109 Å². The molecule has 0 N–H and O–H groups in total. The van der Waals surface area contributed by atoms with Gasteiger partial charge in [0, 0.05) is 44.5 Å². The highest BCUT2D eigenvalue weighted by atomic mass is 16.3. The van der Waals surface area contributed by atoms with Crippen LogP contribution in [-0.2, 0) is 6.42 Å². The zero-order valence-corrected chi connectivity index (χ0v) is 30.3. The summed E-state index contributed by atoms with van der Waals surface area (Å²) in [6.07, 6.45) is 6.40. The van der Waals surface area contributed by atoms with Crippen molar-refractivity contribution in [3.05, 3.63) is 192 Å². The molecule has 4 heteroatoms. The highest BCUT2D eigenvalue weighted by molar-refractivity contribution is 6.07. The Morgan fingerprint density at radius 3 is 2.20 bits per heavy atom. The van der Waals surface area contributed by atoms with Crippen LogP contribution in [0.4, 0.5) is 22.7 Å². The van der Waals surface area contributed by atoms with E-state index < -0.39 is 0 Å². The molecular weight excluding hydrogens is 661 g/mol. The van der Waals surface area contributed by atoms with E-state index in [0.717, 1.165) is 85.5 Å². The lowest BCUT2D eigenvalue weighted by molar-refractivity contribution is 0.594. The summed E-state index contributed by atoms with van der Waals surface area (Å²) in [5.41, 5.74) is 12.8. The molecule has 0 unspecified atom stereocenters. The molecule has 0 spiro atoms. The molecule has 0 bridgehead atoms. The molecule has 0 saturated heterocycles. The van der Waals surface area contributed by atoms with Crippen molar-refractivity contribution >= 4 is 78.2 Å². The summed E-state index contributed by atoms with van der Waals surface area (Å²) in [4.78, 5) is 4.72. The number of allylic oxidation sites excluding steroid dienone is 2. The first-order valence-electron chi connectivity index (χ1n) is 18.7. The summed E-state index contributed by atoms with van der Waals surface area (Å²) in [6, 6.07) is 55.8. The fraction of sp³-hybridized carbons (Fsp3) is 0.0800. The maximum absolute atomic E-state index is 7.20. The lowest BCUT2D eigenvalue weighted by Crippen LogP contribution is -2.23. The molecule has 1 aliphatic carbocycles. The topological polar surface area (TPSA) is 32.8 Å². The van der Waals surface area contributed by atoms with Crippen molar-refractivity contribution in [2.75, 3.05) is 9.80 Å². The second-order valence-electron chi connectivity index (χ2n) is 14.0. The first-order chi connectivity index (χ1) is 26.6. The normalized spacial score (nSPS) is 13.1. The average Bonchev–Trinajstić information content (AvgIpc) is 3.77. The Bertz CT molecular complexity index is 2930. The highest BCUT2D eigenvalue weighted by Gasteiger charge is 2.28. The van der Waals surface area contributed by atoms with Crippen LogP contribution in [0.15, 0.2) is 178 Å². The molecule has 0 radical (unpaired) electrons. The van der Waals surface area contributed by atoms with E-state index in [1.807, 2.05) is 12.1 Å². The van der Waals surface area contributed by atoms with E-state index >= 15 is 0 Å².